The van der Waals surface area contributed by atoms with Crippen molar-refractivity contribution < 1.29 is 4.79 Å². The van der Waals surface area contributed by atoms with Crippen LogP contribution in [0.3, 0.4) is 0 Å². The number of hydrogen-bond donors (Lipinski definition) is 1. The van der Waals surface area contributed by atoms with Gasteiger partial charge in [-0.15, -0.1) is 6.42 Å². The lowest BCUT2D eigenvalue weighted by Gasteiger charge is -2.37. The number of carbonyl (C=O) groups is 1. The minimum atomic E-state index is -0.0156. The molecule has 2 aliphatic heterocycles. The number of carbonyl (C=O) groups excluding carboxylic acids is 1. The molecule has 0 aliphatic carbocycles. The smallest absolute Gasteiger partial charge is 0.255 e. The zero-order chi connectivity index (χ0) is 28.6. The first-order valence-electron chi connectivity index (χ1n) is 13.6. The molecule has 2 fully saturated rings. The van der Waals surface area contributed by atoms with E-state index in [1.54, 1.807) is 6.08 Å². The van der Waals surface area contributed by atoms with E-state index < -0.39 is 0 Å². The Morgan fingerprint density at radius 1 is 1.05 bits per heavy atom. The van der Waals surface area contributed by atoms with E-state index in [0.717, 1.165) is 54.4 Å². The summed E-state index contributed by atoms with van der Waals surface area (Å²) in [4.78, 5) is 24.5. The summed E-state index contributed by atoms with van der Waals surface area (Å²) >= 11 is 0. The van der Waals surface area contributed by atoms with E-state index in [0.29, 0.717) is 42.9 Å². The lowest BCUT2D eigenvalue weighted by molar-refractivity contribution is 0.0745. The molecule has 2 aromatic rings. The Balaban J connectivity index is 1.41. The van der Waals surface area contributed by atoms with Gasteiger partial charge in [0.2, 0.25) is 0 Å². The minimum absolute atomic E-state index is 0.0156. The summed E-state index contributed by atoms with van der Waals surface area (Å²) in [7, 11) is 0. The number of amides is 1. The van der Waals surface area contributed by atoms with E-state index in [-0.39, 0.29) is 11.9 Å². The number of piperidine rings is 1. The maximum Gasteiger partial charge on any atom is 0.255 e. The van der Waals surface area contributed by atoms with Gasteiger partial charge >= 0.3 is 0 Å². The van der Waals surface area contributed by atoms with E-state index in [4.69, 9.17) is 11.4 Å². The molecule has 204 valence electrons. The van der Waals surface area contributed by atoms with Crippen LogP contribution in [0.15, 0.2) is 53.8 Å². The predicted octanol–water partition coefficient (Wildman–Crippen LogP) is 4.40. The number of nitrogens with zero attached hydrogens (tertiary/aromatic N) is 6. The SMILES string of the molecule is C#C/C=C\C(=C(/C)C#N)N1CCC(Nc2cc(C(=O)N3CCN(c4ccccc4C#N)CC3)c(C)nc2C)CC1. The second kappa shape index (κ2) is 12.9. The maximum absolute atomic E-state index is 13.6. The van der Waals surface area contributed by atoms with Crippen molar-refractivity contribution in [2.45, 2.75) is 39.7 Å². The Labute approximate surface area is 237 Å². The Hall–Kier alpha value is -4.74. The zero-order valence-corrected chi connectivity index (χ0v) is 23.4. The molecule has 8 nitrogen and oxygen atoms in total. The number of pyridine rings is 1. The topological polar surface area (TPSA) is 99.3 Å². The number of anilines is 2. The average Bonchev–Trinajstić information content (AvgIpc) is 2.99. The van der Waals surface area contributed by atoms with Crippen molar-refractivity contribution in [3.63, 3.8) is 0 Å². The highest BCUT2D eigenvalue weighted by Gasteiger charge is 2.26. The highest BCUT2D eigenvalue weighted by Crippen LogP contribution is 2.26. The van der Waals surface area contributed by atoms with Gasteiger partial charge in [-0.1, -0.05) is 18.1 Å². The molecule has 2 aliphatic rings. The first-order valence-corrected chi connectivity index (χ1v) is 13.6. The van der Waals surface area contributed by atoms with Gasteiger partial charge in [-0.25, -0.2) is 0 Å². The third-order valence-electron chi connectivity index (χ3n) is 7.65. The molecule has 0 spiro atoms. The van der Waals surface area contributed by atoms with Crippen LogP contribution in [0.5, 0.6) is 0 Å². The van der Waals surface area contributed by atoms with Crippen LogP contribution in [0.25, 0.3) is 0 Å². The van der Waals surface area contributed by atoms with Crippen molar-refractivity contribution in [3.05, 3.63) is 76.3 Å². The van der Waals surface area contributed by atoms with Crippen LogP contribution < -0.4 is 10.2 Å². The van der Waals surface area contributed by atoms with Crippen LogP contribution in [-0.2, 0) is 0 Å². The summed E-state index contributed by atoms with van der Waals surface area (Å²) in [6, 6.07) is 14.3. The number of aromatic nitrogens is 1. The van der Waals surface area contributed by atoms with E-state index in [9.17, 15) is 15.3 Å². The summed E-state index contributed by atoms with van der Waals surface area (Å²) in [6.45, 7) is 9.76. The third kappa shape index (κ3) is 6.28. The monoisotopic (exact) mass is 533 g/mol. The number of likely N-dealkylation sites (tertiary alicyclic amines) is 1. The second-order valence-electron chi connectivity index (χ2n) is 10.2. The molecule has 0 unspecified atom stereocenters. The molecule has 1 aromatic carbocycles. The van der Waals surface area contributed by atoms with Gasteiger partial charge < -0.3 is 20.0 Å². The molecule has 2 saturated heterocycles. The largest absolute Gasteiger partial charge is 0.381 e. The van der Waals surface area contributed by atoms with Gasteiger partial charge in [-0.05, 0) is 64.0 Å². The number of nitriles is 2. The lowest BCUT2D eigenvalue weighted by Crippen LogP contribution is -2.49. The standard InChI is InChI=1S/C32H35N7O/c1-5-6-10-30(23(2)21-33)37-14-12-27(13-15-37)36-29-20-28(24(3)35-25(29)4)32(40)39-18-16-38(17-19-39)31-11-8-7-9-26(31)22-34/h1,6-11,20,27,36H,12-19H2,2-4H3/b10-6-,30-23-. The fourth-order valence-corrected chi connectivity index (χ4v) is 5.39. The van der Waals surface area contributed by atoms with E-state index in [1.807, 2.05) is 62.1 Å². The van der Waals surface area contributed by atoms with Crippen LogP contribution >= 0.6 is 0 Å². The summed E-state index contributed by atoms with van der Waals surface area (Å²) in [5.74, 6) is 2.49. The number of terminal acetylenes is 1. The molecular weight excluding hydrogens is 498 g/mol. The summed E-state index contributed by atoms with van der Waals surface area (Å²) in [5.41, 5.74) is 6.18. The van der Waals surface area contributed by atoms with Crippen LogP contribution in [0.4, 0.5) is 11.4 Å². The quantitative estimate of drug-likeness (QED) is 0.334. The van der Waals surface area contributed by atoms with Crippen LogP contribution in [-0.4, -0.2) is 66.0 Å². The number of allylic oxidation sites excluding steroid dienone is 3. The average molecular weight is 534 g/mol. The Morgan fingerprint density at radius 3 is 2.40 bits per heavy atom. The molecule has 4 rings (SSSR count). The van der Waals surface area contributed by atoms with E-state index >= 15 is 0 Å². The number of rotatable bonds is 6. The normalized spacial score (nSPS) is 16.6. The number of piperazine rings is 1. The summed E-state index contributed by atoms with van der Waals surface area (Å²) in [5, 5.41) is 22.5. The number of para-hydroxylation sites is 1. The molecule has 40 heavy (non-hydrogen) atoms. The molecule has 0 radical (unpaired) electrons. The van der Waals surface area contributed by atoms with Crippen LogP contribution in [0.1, 0.15) is 47.1 Å². The van der Waals surface area contributed by atoms with Crippen molar-refractivity contribution >= 4 is 17.3 Å². The van der Waals surface area contributed by atoms with Gasteiger partial charge in [-0.3, -0.25) is 9.78 Å². The van der Waals surface area contributed by atoms with Gasteiger partial charge in [0, 0.05) is 50.9 Å². The lowest BCUT2D eigenvalue weighted by atomic mass is 10.0. The maximum atomic E-state index is 13.6. The van der Waals surface area contributed by atoms with Crippen LogP contribution in [0.2, 0.25) is 0 Å². The number of nitrogens with one attached hydrogen (secondary N) is 1. The van der Waals surface area contributed by atoms with Gasteiger partial charge in [0.1, 0.15) is 6.07 Å². The van der Waals surface area contributed by atoms with Gasteiger partial charge in [0.25, 0.3) is 5.91 Å². The van der Waals surface area contributed by atoms with E-state index in [2.05, 4.69) is 33.2 Å². The molecule has 0 saturated carbocycles. The molecule has 3 heterocycles. The molecule has 0 bridgehead atoms. The Bertz CT molecular complexity index is 1440. The zero-order valence-electron chi connectivity index (χ0n) is 23.4. The van der Waals surface area contributed by atoms with Crippen molar-refractivity contribution in [2.24, 2.45) is 0 Å². The van der Waals surface area contributed by atoms with Gasteiger partial charge in [0.15, 0.2) is 0 Å². The van der Waals surface area contributed by atoms with Crippen LogP contribution in [0, 0.1) is 48.9 Å². The molecule has 1 amide bonds. The summed E-state index contributed by atoms with van der Waals surface area (Å²) in [6.07, 6.45) is 10.6. The minimum Gasteiger partial charge on any atom is -0.381 e. The fourth-order valence-electron chi connectivity index (χ4n) is 5.39. The molecule has 8 heteroatoms. The number of hydrogen-bond acceptors (Lipinski definition) is 7. The molecule has 0 atom stereocenters. The molecule has 1 N–H and O–H groups in total. The van der Waals surface area contributed by atoms with Crippen molar-refractivity contribution in [1.29, 1.82) is 10.5 Å². The third-order valence-corrected chi connectivity index (χ3v) is 7.65. The van der Waals surface area contributed by atoms with Crippen molar-refractivity contribution in [1.82, 2.24) is 14.8 Å². The predicted molar refractivity (Wildman–Crippen MR) is 157 cm³/mol. The van der Waals surface area contributed by atoms with E-state index in [1.165, 1.54) is 0 Å². The number of benzene rings is 1. The second-order valence-corrected chi connectivity index (χ2v) is 10.2. The highest BCUT2D eigenvalue weighted by molar-refractivity contribution is 5.96. The summed E-state index contributed by atoms with van der Waals surface area (Å²) < 4.78 is 0. The first-order chi connectivity index (χ1) is 19.4. The Morgan fingerprint density at radius 2 is 1.75 bits per heavy atom. The highest BCUT2D eigenvalue weighted by atomic mass is 16.2. The number of aryl methyl sites for hydroxylation is 2. The first kappa shape index (κ1) is 28.3. The van der Waals surface area contributed by atoms with Crippen molar-refractivity contribution in [3.8, 4) is 24.5 Å². The van der Waals surface area contributed by atoms with Gasteiger partial charge in [0.05, 0.1) is 45.7 Å². The van der Waals surface area contributed by atoms with Crippen molar-refractivity contribution in [2.75, 3.05) is 49.5 Å². The molecular formula is C32H35N7O. The Kier molecular flexibility index (Phi) is 9.10. The molecule has 1 aromatic heterocycles. The van der Waals surface area contributed by atoms with Gasteiger partial charge in [-0.2, -0.15) is 10.5 Å². The fraction of sp³-hybridized carbons (Fsp3) is 0.375.